The molecule has 1 aliphatic heterocycles. The minimum atomic E-state index is -1.15. The summed E-state index contributed by atoms with van der Waals surface area (Å²) in [6.07, 6.45) is 0.588. The number of amides is 1. The van der Waals surface area contributed by atoms with Crippen LogP contribution in [0.1, 0.15) is 33.6 Å². The van der Waals surface area contributed by atoms with Crippen LogP contribution < -0.4 is 10.6 Å². The largest absolute Gasteiger partial charge is 0.479 e. The fourth-order valence-electron chi connectivity index (χ4n) is 2.73. The average molecular weight is 256 g/mol. The molecule has 1 saturated carbocycles. The molecule has 0 aromatic rings. The molecule has 2 fully saturated rings. The van der Waals surface area contributed by atoms with Gasteiger partial charge in [0.05, 0.1) is 0 Å². The number of hydrogen-bond acceptors (Lipinski definition) is 4. The molecule has 102 valence electrons. The van der Waals surface area contributed by atoms with Crippen molar-refractivity contribution in [3.63, 3.8) is 0 Å². The Kier molecular flexibility index (Phi) is 2.81. The third-order valence-electron chi connectivity index (χ3n) is 3.71. The van der Waals surface area contributed by atoms with Gasteiger partial charge in [-0.25, -0.2) is 9.59 Å². The van der Waals surface area contributed by atoms with E-state index in [1.165, 1.54) is 0 Å². The average Bonchev–Trinajstić information content (AvgIpc) is 2.58. The second-order valence-corrected chi connectivity index (χ2v) is 6.22. The zero-order valence-electron chi connectivity index (χ0n) is 11.0. The van der Waals surface area contributed by atoms with E-state index in [-0.39, 0.29) is 5.41 Å². The van der Waals surface area contributed by atoms with E-state index in [1.54, 1.807) is 20.8 Å². The van der Waals surface area contributed by atoms with Gasteiger partial charge in [-0.15, -0.1) is 0 Å². The summed E-state index contributed by atoms with van der Waals surface area (Å²) in [5.41, 5.74) is -2.12. The van der Waals surface area contributed by atoms with Crippen LogP contribution in [-0.4, -0.2) is 41.4 Å². The number of nitrogens with one attached hydrogen (secondary N) is 2. The molecule has 0 aromatic carbocycles. The van der Waals surface area contributed by atoms with Gasteiger partial charge in [-0.2, -0.15) is 0 Å². The Balaban J connectivity index is 2.06. The van der Waals surface area contributed by atoms with Crippen LogP contribution in [0.15, 0.2) is 0 Å². The van der Waals surface area contributed by atoms with Crippen molar-refractivity contribution in [2.45, 2.75) is 44.8 Å². The Morgan fingerprint density at radius 3 is 2.50 bits per heavy atom. The van der Waals surface area contributed by atoms with E-state index in [2.05, 4.69) is 10.6 Å². The van der Waals surface area contributed by atoms with Crippen molar-refractivity contribution in [2.24, 2.45) is 5.41 Å². The topological polar surface area (TPSA) is 87.7 Å². The number of carbonyl (C=O) groups is 2. The van der Waals surface area contributed by atoms with E-state index in [1.807, 2.05) is 0 Å². The zero-order chi connectivity index (χ0) is 13.6. The number of ether oxygens (including phenoxy) is 1. The van der Waals surface area contributed by atoms with E-state index < -0.39 is 23.2 Å². The molecule has 2 rings (SSSR count). The summed E-state index contributed by atoms with van der Waals surface area (Å²) in [5, 5.41) is 15.1. The van der Waals surface area contributed by atoms with Crippen LogP contribution in [0.3, 0.4) is 0 Å². The van der Waals surface area contributed by atoms with Crippen molar-refractivity contribution in [3.8, 4) is 0 Å². The molecule has 18 heavy (non-hydrogen) atoms. The monoisotopic (exact) mass is 256 g/mol. The second-order valence-electron chi connectivity index (χ2n) is 6.22. The van der Waals surface area contributed by atoms with Crippen molar-refractivity contribution in [1.29, 1.82) is 0 Å². The molecule has 6 heteroatoms. The Morgan fingerprint density at radius 2 is 2.06 bits per heavy atom. The van der Waals surface area contributed by atoms with Crippen LogP contribution in [0.5, 0.6) is 0 Å². The highest BCUT2D eigenvalue weighted by Gasteiger charge is 2.74. The lowest BCUT2D eigenvalue weighted by atomic mass is 9.99. The molecule has 1 amide bonds. The van der Waals surface area contributed by atoms with Gasteiger partial charge in [0, 0.05) is 12.0 Å². The van der Waals surface area contributed by atoms with Crippen LogP contribution in [0.4, 0.5) is 4.79 Å². The smallest absolute Gasteiger partial charge is 0.408 e. The Morgan fingerprint density at radius 1 is 1.39 bits per heavy atom. The van der Waals surface area contributed by atoms with Crippen LogP contribution in [-0.2, 0) is 9.53 Å². The SMILES string of the molecule is CC(C)(C)OC(=O)NC1(C(=O)O)CC12CCNC2. The lowest BCUT2D eigenvalue weighted by molar-refractivity contribution is -0.141. The Labute approximate surface area is 106 Å². The van der Waals surface area contributed by atoms with Gasteiger partial charge in [0.15, 0.2) is 0 Å². The van der Waals surface area contributed by atoms with Crippen LogP contribution in [0.25, 0.3) is 0 Å². The first-order valence-corrected chi connectivity index (χ1v) is 6.16. The van der Waals surface area contributed by atoms with E-state index in [0.717, 1.165) is 13.0 Å². The molecule has 2 atom stereocenters. The van der Waals surface area contributed by atoms with Gasteiger partial charge in [0.1, 0.15) is 11.1 Å². The number of aliphatic carboxylic acids is 1. The van der Waals surface area contributed by atoms with Crippen molar-refractivity contribution in [1.82, 2.24) is 10.6 Å². The molecule has 2 aliphatic rings. The fourth-order valence-corrected chi connectivity index (χ4v) is 2.73. The maximum atomic E-state index is 11.7. The summed E-state index contributed by atoms with van der Waals surface area (Å²) in [5.74, 6) is -0.975. The molecule has 6 nitrogen and oxygen atoms in total. The number of carboxylic acids is 1. The molecule has 0 radical (unpaired) electrons. The van der Waals surface area contributed by atoms with Crippen LogP contribution in [0, 0.1) is 5.41 Å². The minimum absolute atomic E-state index is 0.338. The van der Waals surface area contributed by atoms with Crippen molar-refractivity contribution in [3.05, 3.63) is 0 Å². The molecular formula is C12H20N2O4. The maximum absolute atomic E-state index is 11.7. The highest BCUT2D eigenvalue weighted by molar-refractivity contribution is 5.89. The number of rotatable bonds is 2. The van der Waals surface area contributed by atoms with Gasteiger partial charge in [0.25, 0.3) is 0 Å². The number of carboxylic acid groups (broad SMARTS) is 1. The number of alkyl carbamates (subject to hydrolysis) is 1. The van der Waals surface area contributed by atoms with E-state index in [4.69, 9.17) is 4.74 Å². The maximum Gasteiger partial charge on any atom is 0.408 e. The van der Waals surface area contributed by atoms with Gasteiger partial charge < -0.3 is 20.5 Å². The summed E-state index contributed by atoms with van der Waals surface area (Å²) in [6.45, 7) is 6.68. The van der Waals surface area contributed by atoms with Gasteiger partial charge in [0.2, 0.25) is 0 Å². The molecule has 0 aromatic heterocycles. The van der Waals surface area contributed by atoms with E-state index in [0.29, 0.717) is 13.0 Å². The standard InChI is InChI=1S/C12H20N2O4/c1-10(2,3)18-9(17)14-12(8(15)16)6-11(12)4-5-13-7-11/h13H,4-7H2,1-3H3,(H,14,17)(H,15,16). The highest BCUT2D eigenvalue weighted by atomic mass is 16.6. The molecule has 1 spiro atoms. The minimum Gasteiger partial charge on any atom is -0.479 e. The van der Waals surface area contributed by atoms with Crippen LogP contribution in [0.2, 0.25) is 0 Å². The van der Waals surface area contributed by atoms with Crippen molar-refractivity contribution < 1.29 is 19.4 Å². The molecule has 1 aliphatic carbocycles. The molecule has 1 saturated heterocycles. The Bertz CT molecular complexity index is 382. The summed E-state index contributed by atoms with van der Waals surface area (Å²) in [7, 11) is 0. The summed E-state index contributed by atoms with van der Waals surface area (Å²) < 4.78 is 5.13. The summed E-state index contributed by atoms with van der Waals surface area (Å²) in [4.78, 5) is 23.2. The Hall–Kier alpha value is -1.30. The van der Waals surface area contributed by atoms with Gasteiger partial charge in [-0.3, -0.25) is 0 Å². The fraction of sp³-hybridized carbons (Fsp3) is 0.833. The predicted octanol–water partition coefficient (Wildman–Crippen LogP) is 0.718. The molecular weight excluding hydrogens is 236 g/mol. The molecule has 3 N–H and O–H groups in total. The van der Waals surface area contributed by atoms with Gasteiger partial charge in [-0.05, 0) is 40.2 Å². The second kappa shape index (κ2) is 3.85. The molecule has 2 unspecified atom stereocenters. The van der Waals surface area contributed by atoms with Crippen LogP contribution >= 0.6 is 0 Å². The highest BCUT2D eigenvalue weighted by Crippen LogP contribution is 2.60. The molecule has 1 heterocycles. The molecule has 0 bridgehead atoms. The lowest BCUT2D eigenvalue weighted by Gasteiger charge is -2.24. The zero-order valence-corrected chi connectivity index (χ0v) is 11.0. The summed E-state index contributed by atoms with van der Waals surface area (Å²) in [6, 6.07) is 0. The number of carbonyl (C=O) groups excluding carboxylic acids is 1. The number of hydrogen-bond donors (Lipinski definition) is 3. The third-order valence-corrected chi connectivity index (χ3v) is 3.71. The first-order valence-electron chi connectivity index (χ1n) is 6.16. The first kappa shape index (κ1) is 13.1. The van der Waals surface area contributed by atoms with E-state index >= 15 is 0 Å². The first-order chi connectivity index (χ1) is 8.21. The lowest BCUT2D eigenvalue weighted by Crippen LogP contribution is -2.49. The van der Waals surface area contributed by atoms with Gasteiger partial charge >= 0.3 is 12.1 Å². The van der Waals surface area contributed by atoms with Gasteiger partial charge in [-0.1, -0.05) is 0 Å². The third kappa shape index (κ3) is 2.05. The summed E-state index contributed by atoms with van der Waals surface area (Å²) >= 11 is 0. The van der Waals surface area contributed by atoms with E-state index in [9.17, 15) is 14.7 Å². The normalized spacial score (nSPS) is 34.4. The van der Waals surface area contributed by atoms with Crippen molar-refractivity contribution >= 4 is 12.1 Å². The predicted molar refractivity (Wildman–Crippen MR) is 64.3 cm³/mol. The quantitative estimate of drug-likeness (QED) is 0.677. The van der Waals surface area contributed by atoms with Crippen molar-refractivity contribution in [2.75, 3.05) is 13.1 Å².